The largest absolute Gasteiger partial charge is 0.410 e. The zero-order valence-electron chi connectivity index (χ0n) is 15.8. The van der Waals surface area contributed by atoms with Gasteiger partial charge in [-0.1, -0.05) is 66.5 Å². The van der Waals surface area contributed by atoms with Gasteiger partial charge in [0.1, 0.15) is 5.71 Å². The molecule has 0 fully saturated rings. The highest BCUT2D eigenvalue weighted by Gasteiger charge is 2.24. The number of hydrogen-bond acceptors (Lipinski definition) is 3. The van der Waals surface area contributed by atoms with Gasteiger partial charge in [-0.2, -0.15) is 0 Å². The van der Waals surface area contributed by atoms with E-state index in [4.69, 9.17) is 0 Å². The Hall–Kier alpha value is -2.88. The van der Waals surface area contributed by atoms with Gasteiger partial charge in [0.15, 0.2) is 0 Å². The van der Waals surface area contributed by atoms with Gasteiger partial charge in [-0.15, -0.1) is 0 Å². The van der Waals surface area contributed by atoms with Crippen LogP contribution in [-0.4, -0.2) is 35.8 Å². The number of fused-ring (bicyclic) bond motifs is 3. The van der Waals surface area contributed by atoms with Gasteiger partial charge in [0.05, 0.1) is 0 Å². The number of allylic oxidation sites excluding steroid dienone is 1. The molecule has 1 aliphatic rings. The molecule has 0 bridgehead atoms. The van der Waals surface area contributed by atoms with E-state index in [0.717, 1.165) is 66.5 Å². The molecule has 2 aromatic rings. The van der Waals surface area contributed by atoms with Gasteiger partial charge in [-0.25, -0.2) is 0 Å². The van der Waals surface area contributed by atoms with E-state index in [2.05, 4.69) is 41.6 Å². The molecular formula is C23H26N2O2. The van der Waals surface area contributed by atoms with Crippen LogP contribution in [0.5, 0.6) is 0 Å². The third kappa shape index (κ3) is 4.45. The number of oxime groups is 1. The standard InChI is InChI=1S/C23H26N2O2/c1-25(17-26)15-9-5-3-2-4-6-10-18-13-14-20-19-11-7-8-12-21(19)23(24-27)22(20)16-18/h6-8,10-14,16-17,27H,2-5,9,15H2,1H3/b10-6+,24-23+. The summed E-state index contributed by atoms with van der Waals surface area (Å²) in [7, 11) is 1.82. The van der Waals surface area contributed by atoms with Gasteiger partial charge in [-0.3, -0.25) is 4.79 Å². The summed E-state index contributed by atoms with van der Waals surface area (Å²) >= 11 is 0. The van der Waals surface area contributed by atoms with Crippen LogP contribution in [0.4, 0.5) is 0 Å². The van der Waals surface area contributed by atoms with Crippen LogP contribution in [0.3, 0.4) is 0 Å². The molecule has 27 heavy (non-hydrogen) atoms. The first kappa shape index (κ1) is 18.9. The van der Waals surface area contributed by atoms with Crippen molar-refractivity contribution in [1.82, 2.24) is 4.90 Å². The first-order chi connectivity index (χ1) is 13.2. The first-order valence-corrected chi connectivity index (χ1v) is 9.53. The molecule has 0 heterocycles. The van der Waals surface area contributed by atoms with E-state index in [1.54, 1.807) is 4.90 Å². The molecule has 3 rings (SSSR count). The van der Waals surface area contributed by atoms with Crippen molar-refractivity contribution in [1.29, 1.82) is 0 Å². The maximum Gasteiger partial charge on any atom is 0.209 e. The molecule has 2 aromatic carbocycles. The minimum atomic E-state index is 0.649. The molecule has 140 valence electrons. The van der Waals surface area contributed by atoms with Crippen LogP contribution in [-0.2, 0) is 4.79 Å². The number of carbonyl (C=O) groups excluding carboxylic acids is 1. The molecule has 4 heteroatoms. The quantitative estimate of drug-likeness (QED) is 0.253. The normalized spacial score (nSPS) is 13.7. The number of nitrogens with zero attached hydrogens (tertiary/aromatic N) is 2. The van der Waals surface area contributed by atoms with Crippen molar-refractivity contribution in [3.63, 3.8) is 0 Å². The van der Waals surface area contributed by atoms with Crippen LogP contribution in [0.1, 0.15) is 48.8 Å². The summed E-state index contributed by atoms with van der Waals surface area (Å²) in [6.45, 7) is 0.839. The van der Waals surface area contributed by atoms with Crippen molar-refractivity contribution in [2.75, 3.05) is 13.6 Å². The van der Waals surface area contributed by atoms with Gasteiger partial charge < -0.3 is 10.1 Å². The Bertz CT molecular complexity index is 855. The molecule has 0 aromatic heterocycles. The lowest BCUT2D eigenvalue weighted by Gasteiger charge is -2.09. The van der Waals surface area contributed by atoms with Crippen LogP contribution in [0.2, 0.25) is 0 Å². The Balaban J connectivity index is 1.54. The molecule has 0 atom stereocenters. The summed E-state index contributed by atoms with van der Waals surface area (Å²) in [5, 5.41) is 13.0. The van der Waals surface area contributed by atoms with Gasteiger partial charge in [0, 0.05) is 24.7 Å². The Morgan fingerprint density at radius 1 is 0.963 bits per heavy atom. The summed E-state index contributed by atoms with van der Waals surface area (Å²) < 4.78 is 0. The molecule has 0 saturated carbocycles. The molecular weight excluding hydrogens is 336 g/mol. The van der Waals surface area contributed by atoms with Crippen LogP contribution in [0, 0.1) is 0 Å². The van der Waals surface area contributed by atoms with E-state index in [0.29, 0.717) is 5.71 Å². The topological polar surface area (TPSA) is 52.9 Å². The second-order valence-electron chi connectivity index (χ2n) is 6.99. The number of unbranched alkanes of at least 4 members (excludes halogenated alkanes) is 4. The minimum absolute atomic E-state index is 0.649. The summed E-state index contributed by atoms with van der Waals surface area (Å²) in [6.07, 6.45) is 10.8. The molecule has 1 amide bonds. The maximum absolute atomic E-state index is 10.5. The van der Waals surface area contributed by atoms with Crippen LogP contribution < -0.4 is 0 Å². The Kier molecular flexibility index (Phi) is 6.42. The second kappa shape index (κ2) is 9.17. The van der Waals surface area contributed by atoms with Crippen molar-refractivity contribution in [2.24, 2.45) is 5.16 Å². The smallest absolute Gasteiger partial charge is 0.209 e. The van der Waals surface area contributed by atoms with Crippen molar-refractivity contribution < 1.29 is 10.0 Å². The van der Waals surface area contributed by atoms with E-state index in [9.17, 15) is 10.0 Å². The monoisotopic (exact) mass is 362 g/mol. The van der Waals surface area contributed by atoms with Crippen LogP contribution in [0.15, 0.2) is 53.7 Å². The predicted molar refractivity (Wildman–Crippen MR) is 110 cm³/mol. The summed E-state index contributed by atoms with van der Waals surface area (Å²) in [4.78, 5) is 12.2. The van der Waals surface area contributed by atoms with Crippen molar-refractivity contribution >= 4 is 18.2 Å². The fourth-order valence-corrected chi connectivity index (χ4v) is 3.52. The molecule has 4 nitrogen and oxygen atoms in total. The van der Waals surface area contributed by atoms with Gasteiger partial charge in [0.2, 0.25) is 6.41 Å². The molecule has 0 spiro atoms. The highest BCUT2D eigenvalue weighted by atomic mass is 16.4. The van der Waals surface area contributed by atoms with Crippen molar-refractivity contribution in [2.45, 2.75) is 32.1 Å². The van der Waals surface area contributed by atoms with E-state index in [1.165, 1.54) is 6.42 Å². The van der Waals surface area contributed by atoms with Crippen molar-refractivity contribution in [3.05, 3.63) is 65.2 Å². The number of rotatable bonds is 9. The zero-order valence-corrected chi connectivity index (χ0v) is 15.8. The van der Waals surface area contributed by atoms with E-state index in [-0.39, 0.29) is 0 Å². The Labute approximate surface area is 160 Å². The van der Waals surface area contributed by atoms with Crippen LogP contribution in [0.25, 0.3) is 17.2 Å². The average Bonchev–Trinajstić information content (AvgIpc) is 3.02. The fourth-order valence-electron chi connectivity index (χ4n) is 3.52. The maximum atomic E-state index is 10.5. The Morgan fingerprint density at radius 2 is 1.70 bits per heavy atom. The number of carbonyl (C=O) groups is 1. The van der Waals surface area contributed by atoms with Crippen molar-refractivity contribution in [3.8, 4) is 11.1 Å². The zero-order chi connectivity index (χ0) is 19.1. The summed E-state index contributed by atoms with van der Waals surface area (Å²) in [5.41, 5.74) is 5.98. The van der Waals surface area contributed by atoms with Gasteiger partial charge in [0.25, 0.3) is 0 Å². The lowest BCUT2D eigenvalue weighted by atomic mass is 10.0. The second-order valence-corrected chi connectivity index (χ2v) is 6.99. The molecule has 0 aliphatic heterocycles. The Morgan fingerprint density at radius 3 is 2.48 bits per heavy atom. The third-order valence-electron chi connectivity index (χ3n) is 4.99. The molecule has 0 radical (unpaired) electrons. The van der Waals surface area contributed by atoms with E-state index in [1.807, 2.05) is 25.2 Å². The predicted octanol–water partition coefficient (Wildman–Crippen LogP) is 4.95. The third-order valence-corrected chi connectivity index (χ3v) is 4.99. The average molecular weight is 362 g/mol. The molecule has 1 N–H and O–H groups in total. The lowest BCUT2D eigenvalue weighted by Crippen LogP contribution is -2.16. The lowest BCUT2D eigenvalue weighted by molar-refractivity contribution is -0.117. The van der Waals surface area contributed by atoms with Crippen LogP contribution >= 0.6 is 0 Å². The highest BCUT2D eigenvalue weighted by molar-refractivity contribution is 6.24. The number of amides is 1. The summed E-state index contributed by atoms with van der Waals surface area (Å²) in [5.74, 6) is 0. The van der Waals surface area contributed by atoms with E-state index >= 15 is 0 Å². The molecule has 0 saturated heterocycles. The summed E-state index contributed by atoms with van der Waals surface area (Å²) in [6, 6.07) is 14.3. The first-order valence-electron chi connectivity index (χ1n) is 9.53. The SMILES string of the molecule is CN(C=O)CCCCCC/C=C/c1ccc2c(c1)/C(=N/O)c1ccccc1-2. The van der Waals surface area contributed by atoms with Gasteiger partial charge in [-0.05, 0) is 42.0 Å². The highest BCUT2D eigenvalue weighted by Crippen LogP contribution is 2.37. The fraction of sp³-hybridized carbons (Fsp3) is 0.304. The molecule has 0 unspecified atom stereocenters. The molecule has 1 aliphatic carbocycles. The van der Waals surface area contributed by atoms with Gasteiger partial charge >= 0.3 is 0 Å². The number of benzene rings is 2. The minimum Gasteiger partial charge on any atom is -0.410 e. The number of hydrogen-bond donors (Lipinski definition) is 1. The van der Waals surface area contributed by atoms with E-state index < -0.39 is 0 Å².